The van der Waals surface area contributed by atoms with E-state index in [9.17, 15) is 41.9 Å². The first-order chi connectivity index (χ1) is 25.2. The Kier molecular flexibility index (Phi) is 13.1. The number of benzene rings is 1. The maximum Gasteiger partial charge on any atom is 0.407 e. The van der Waals surface area contributed by atoms with Gasteiger partial charge in [0.25, 0.3) is 5.91 Å². The molecule has 2 fully saturated rings. The number of ether oxygens (including phenoxy) is 1. The summed E-state index contributed by atoms with van der Waals surface area (Å²) in [6.45, 7) is 14.8. The van der Waals surface area contributed by atoms with Gasteiger partial charge in [0.15, 0.2) is 0 Å². The van der Waals surface area contributed by atoms with Gasteiger partial charge in [0, 0.05) is 26.1 Å². The number of carbonyl (C=O) groups excluding carboxylic acids is 6. The monoisotopic (exact) mass is 762 g/mol. The summed E-state index contributed by atoms with van der Waals surface area (Å²) >= 11 is 0. The van der Waals surface area contributed by atoms with Crippen LogP contribution in [0.2, 0.25) is 0 Å². The fraction of sp³-hybridized carbons (Fsp3) is 0.632. The number of halogens is 3. The van der Waals surface area contributed by atoms with E-state index in [2.05, 4.69) is 33.2 Å². The Morgan fingerprint density at radius 3 is 2.19 bits per heavy atom. The zero-order valence-corrected chi connectivity index (χ0v) is 31.7. The fourth-order valence-corrected chi connectivity index (χ4v) is 7.65. The molecule has 298 valence electrons. The molecule has 0 radical (unpaired) electrons. The number of amides is 6. The summed E-state index contributed by atoms with van der Waals surface area (Å²) in [4.78, 5) is 81.5. The van der Waals surface area contributed by atoms with Gasteiger partial charge < -0.3 is 36.2 Å². The van der Waals surface area contributed by atoms with E-state index >= 15 is 0 Å². The molecule has 4 rings (SSSR count). The molecule has 0 bridgehead atoms. The van der Waals surface area contributed by atoms with Gasteiger partial charge in [-0.3, -0.25) is 19.2 Å². The minimum atomic E-state index is -4.67. The van der Waals surface area contributed by atoms with E-state index in [0.717, 1.165) is 11.1 Å². The number of Topliss-reactive ketones (excluding diaryl/α,β-unsaturated/α-hetero) is 1. The van der Waals surface area contributed by atoms with E-state index in [1.54, 1.807) is 6.92 Å². The van der Waals surface area contributed by atoms with Crippen LogP contribution in [-0.2, 0) is 36.8 Å². The van der Waals surface area contributed by atoms with E-state index in [1.807, 2.05) is 58.9 Å². The topological polar surface area (TPSA) is 175 Å². The summed E-state index contributed by atoms with van der Waals surface area (Å²) < 4.78 is 45.2. The largest absolute Gasteiger partial charge is 0.447 e. The molecule has 0 aromatic heterocycles. The Balaban J connectivity index is 1.61. The first-order valence-electron chi connectivity index (χ1n) is 18.3. The Labute approximate surface area is 313 Å². The fourth-order valence-electron chi connectivity index (χ4n) is 7.65. The van der Waals surface area contributed by atoms with Gasteiger partial charge in [-0.15, -0.1) is 6.58 Å². The molecule has 6 atom stereocenters. The molecule has 1 aromatic rings. The number of alkyl halides is 3. The van der Waals surface area contributed by atoms with E-state index < -0.39 is 95.6 Å². The summed E-state index contributed by atoms with van der Waals surface area (Å²) in [5.41, 5.74) is 1.04. The number of carbonyl (C=O) groups is 6. The predicted molar refractivity (Wildman–Crippen MR) is 193 cm³/mol. The summed E-state index contributed by atoms with van der Waals surface area (Å²) in [5.74, 6) is -4.77. The number of nitrogens with zero attached hydrogens (tertiary/aromatic N) is 1. The molecule has 16 heteroatoms. The van der Waals surface area contributed by atoms with E-state index in [0.29, 0.717) is 19.4 Å². The van der Waals surface area contributed by atoms with Crippen molar-refractivity contribution >= 4 is 35.6 Å². The van der Waals surface area contributed by atoms with Gasteiger partial charge in [0.1, 0.15) is 18.7 Å². The molecule has 3 aliphatic rings. The average molecular weight is 763 g/mol. The van der Waals surface area contributed by atoms with Gasteiger partial charge in [0.2, 0.25) is 17.6 Å². The molecule has 0 spiro atoms. The molecule has 54 heavy (non-hydrogen) atoms. The summed E-state index contributed by atoms with van der Waals surface area (Å²) in [6.07, 6.45) is -5.43. The number of fused-ring (bicyclic) bond motifs is 2. The van der Waals surface area contributed by atoms with Crippen molar-refractivity contribution in [2.75, 3.05) is 26.2 Å². The van der Waals surface area contributed by atoms with Gasteiger partial charge in [-0.05, 0) is 65.9 Å². The standard InChI is InChI=1S/C38H53F3N6O7/c1-8-16-43-32(50)30(48)25(14-15-38(39,40)41)44-31(49)29-27-24(37(27,6)7)19-47(29)33(51)28(23-17-21-12-10-11-13-22(21)18-23)46-34(52)45-26(36(3,4)5)20-54-35(53)42-9-2/h8,10-13,23-29H,1,9,14-20H2,2-7H3,(H,42,53)(H,43,50)(H,44,49)(H2,45,46,52)/t24-,25?,26+,27-,28-,29-/m0/s1. The highest BCUT2D eigenvalue weighted by atomic mass is 19.4. The molecule has 13 nitrogen and oxygen atoms in total. The van der Waals surface area contributed by atoms with E-state index in [1.165, 1.54) is 11.0 Å². The number of nitrogens with one attached hydrogen (secondary N) is 5. The number of urea groups is 1. The molecule has 5 N–H and O–H groups in total. The zero-order valence-electron chi connectivity index (χ0n) is 31.7. The Bertz CT molecular complexity index is 1580. The molecule has 6 amide bonds. The number of likely N-dealkylation sites (tertiary alicyclic amines) is 1. The Morgan fingerprint density at radius 1 is 1.00 bits per heavy atom. The smallest absolute Gasteiger partial charge is 0.407 e. The lowest BCUT2D eigenvalue weighted by atomic mass is 9.87. The number of alkyl carbamates (subject to hydrolysis) is 1. The molecular formula is C38H53F3N6O7. The van der Waals surface area contributed by atoms with Crippen molar-refractivity contribution in [2.24, 2.45) is 28.6 Å². The lowest BCUT2D eigenvalue weighted by molar-refractivity contribution is -0.147. The number of rotatable bonds is 15. The molecule has 1 saturated carbocycles. The molecule has 1 unspecified atom stereocenters. The average Bonchev–Trinajstić information content (AvgIpc) is 3.44. The van der Waals surface area contributed by atoms with Crippen LogP contribution in [0, 0.1) is 28.6 Å². The number of hydrogen-bond acceptors (Lipinski definition) is 7. The van der Waals surface area contributed by atoms with Gasteiger partial charge in [-0.1, -0.05) is 65.0 Å². The normalized spacial score (nSPS) is 21.7. The van der Waals surface area contributed by atoms with Gasteiger partial charge in [0.05, 0.1) is 12.1 Å². The maximum atomic E-state index is 14.7. The van der Waals surface area contributed by atoms with Crippen LogP contribution in [-0.4, -0.2) is 97.1 Å². The Hall–Kier alpha value is -4.63. The predicted octanol–water partition coefficient (Wildman–Crippen LogP) is 3.41. The van der Waals surface area contributed by atoms with Crippen molar-refractivity contribution in [1.29, 1.82) is 0 Å². The van der Waals surface area contributed by atoms with Crippen molar-refractivity contribution in [3.8, 4) is 0 Å². The number of hydrogen-bond donors (Lipinski definition) is 5. The molecular weight excluding hydrogens is 709 g/mol. The lowest BCUT2D eigenvalue weighted by Crippen LogP contribution is -2.61. The highest BCUT2D eigenvalue weighted by Gasteiger charge is 2.70. The SMILES string of the molecule is C=CCNC(=O)C(=O)C(CCC(F)(F)F)NC(=O)[C@@H]1[C@@H]2[C@H](CN1C(=O)[C@@H](NC(=O)N[C@H](COC(=O)NCC)C(C)(C)C)C1Cc3ccccc3C1)C2(C)C. The highest BCUT2D eigenvalue weighted by molar-refractivity contribution is 6.38. The number of piperidine rings is 1. The van der Waals surface area contributed by atoms with Crippen molar-refractivity contribution < 1.29 is 46.7 Å². The van der Waals surface area contributed by atoms with E-state index in [4.69, 9.17) is 4.74 Å². The van der Waals surface area contributed by atoms with Crippen LogP contribution in [0.15, 0.2) is 36.9 Å². The van der Waals surface area contributed by atoms with Crippen LogP contribution in [0.5, 0.6) is 0 Å². The van der Waals surface area contributed by atoms with Gasteiger partial charge >= 0.3 is 18.3 Å². The minimum Gasteiger partial charge on any atom is -0.447 e. The summed E-state index contributed by atoms with van der Waals surface area (Å²) in [7, 11) is 0. The second-order valence-corrected chi connectivity index (χ2v) is 16.0. The van der Waals surface area contributed by atoms with Gasteiger partial charge in [-0.25, -0.2) is 9.59 Å². The molecule has 1 heterocycles. The van der Waals surface area contributed by atoms with Crippen molar-refractivity contribution in [3.05, 3.63) is 48.0 Å². The van der Waals surface area contributed by atoms with Crippen molar-refractivity contribution in [2.45, 2.75) is 97.6 Å². The zero-order chi connectivity index (χ0) is 40.2. The molecule has 1 saturated heterocycles. The van der Waals surface area contributed by atoms with Crippen molar-refractivity contribution in [3.63, 3.8) is 0 Å². The van der Waals surface area contributed by atoms with Crippen LogP contribution in [0.25, 0.3) is 0 Å². The lowest BCUT2D eigenvalue weighted by Gasteiger charge is -2.36. The molecule has 1 aromatic carbocycles. The molecule has 2 aliphatic carbocycles. The van der Waals surface area contributed by atoms with Crippen molar-refractivity contribution in [1.82, 2.24) is 31.5 Å². The second kappa shape index (κ2) is 16.8. The minimum absolute atomic E-state index is 0.113. The van der Waals surface area contributed by atoms with Crippen LogP contribution >= 0.6 is 0 Å². The van der Waals surface area contributed by atoms with E-state index in [-0.39, 0.29) is 31.5 Å². The first kappa shape index (κ1) is 42.1. The van der Waals surface area contributed by atoms with Crippen LogP contribution in [0.4, 0.5) is 22.8 Å². The summed E-state index contributed by atoms with van der Waals surface area (Å²) in [5, 5.41) is 12.9. The first-order valence-corrected chi connectivity index (χ1v) is 18.3. The van der Waals surface area contributed by atoms with Gasteiger partial charge in [-0.2, -0.15) is 13.2 Å². The Morgan fingerprint density at radius 2 is 1.63 bits per heavy atom. The highest BCUT2D eigenvalue weighted by Crippen LogP contribution is 2.65. The van der Waals surface area contributed by atoms with Crippen LogP contribution in [0.3, 0.4) is 0 Å². The van der Waals surface area contributed by atoms with Crippen LogP contribution in [0.1, 0.15) is 65.5 Å². The van der Waals surface area contributed by atoms with Crippen LogP contribution < -0.4 is 26.6 Å². The number of ketones is 1. The summed E-state index contributed by atoms with van der Waals surface area (Å²) in [6, 6.07) is 2.17. The maximum absolute atomic E-state index is 14.7. The third-order valence-electron chi connectivity index (χ3n) is 10.9. The third-order valence-corrected chi connectivity index (χ3v) is 10.9. The molecule has 1 aliphatic heterocycles. The quantitative estimate of drug-likeness (QED) is 0.135. The second-order valence-electron chi connectivity index (χ2n) is 16.0. The third kappa shape index (κ3) is 10.1.